The van der Waals surface area contributed by atoms with E-state index in [1.807, 2.05) is 0 Å². The van der Waals surface area contributed by atoms with E-state index in [0.717, 1.165) is 32.4 Å². The first-order chi connectivity index (χ1) is 10.1. The molecule has 22 heavy (non-hydrogen) atoms. The van der Waals surface area contributed by atoms with E-state index < -0.39 is 0 Å². The van der Waals surface area contributed by atoms with Crippen LogP contribution in [0.5, 0.6) is 0 Å². The monoisotopic (exact) mass is 322 g/mol. The minimum Gasteiger partial charge on any atom is -0.352 e. The van der Waals surface area contributed by atoms with Crippen molar-refractivity contribution in [3.63, 3.8) is 0 Å². The number of amides is 1. The largest absolute Gasteiger partial charge is 0.352 e. The van der Waals surface area contributed by atoms with Crippen molar-refractivity contribution in [3.8, 4) is 0 Å². The van der Waals surface area contributed by atoms with E-state index in [9.17, 15) is 4.79 Å². The third-order valence-electron chi connectivity index (χ3n) is 5.22. The molecule has 2 aliphatic rings. The van der Waals surface area contributed by atoms with Crippen molar-refractivity contribution in [2.45, 2.75) is 45.6 Å². The Morgan fingerprint density at radius 1 is 1.27 bits per heavy atom. The molecule has 0 bridgehead atoms. The molecule has 0 radical (unpaired) electrons. The molecule has 1 spiro atoms. The number of hydrogen-bond acceptors (Lipinski definition) is 2. The number of nitrogens with one attached hydrogen (secondary N) is 2. The highest BCUT2D eigenvalue weighted by molar-refractivity contribution is 5.85. The summed E-state index contributed by atoms with van der Waals surface area (Å²) in [4.78, 5) is 12.3. The van der Waals surface area contributed by atoms with Crippen molar-refractivity contribution in [1.82, 2.24) is 10.6 Å². The van der Waals surface area contributed by atoms with Crippen LogP contribution in [0.4, 0.5) is 0 Å². The van der Waals surface area contributed by atoms with Crippen LogP contribution < -0.4 is 10.6 Å². The summed E-state index contributed by atoms with van der Waals surface area (Å²) >= 11 is 0. The van der Waals surface area contributed by atoms with Gasteiger partial charge in [-0.05, 0) is 54.8 Å². The Labute approximate surface area is 139 Å². The summed E-state index contributed by atoms with van der Waals surface area (Å²) < 4.78 is 0. The summed E-state index contributed by atoms with van der Waals surface area (Å²) in [5.74, 6) is 1.07. The van der Waals surface area contributed by atoms with E-state index in [1.54, 1.807) is 0 Å². The molecule has 4 heteroatoms. The summed E-state index contributed by atoms with van der Waals surface area (Å²) in [6, 6.07) is 8.58. The number of carbonyl (C=O) groups is 1. The Morgan fingerprint density at radius 2 is 1.91 bits per heavy atom. The fourth-order valence-electron chi connectivity index (χ4n) is 3.53. The minimum atomic E-state index is 0. The predicted octanol–water partition coefficient (Wildman–Crippen LogP) is 3.24. The van der Waals surface area contributed by atoms with Gasteiger partial charge in [0, 0.05) is 12.5 Å². The molecule has 3 nitrogen and oxygen atoms in total. The number of benzene rings is 1. The molecule has 1 aliphatic carbocycles. The number of piperidine rings is 1. The van der Waals surface area contributed by atoms with Crippen molar-refractivity contribution in [2.75, 3.05) is 13.1 Å². The van der Waals surface area contributed by atoms with E-state index in [1.165, 1.54) is 11.1 Å². The van der Waals surface area contributed by atoms with E-state index in [2.05, 4.69) is 48.7 Å². The molecule has 2 N–H and O–H groups in total. The van der Waals surface area contributed by atoms with Crippen LogP contribution in [0.2, 0.25) is 0 Å². The lowest BCUT2D eigenvalue weighted by Gasteiger charge is -2.23. The third kappa shape index (κ3) is 3.64. The third-order valence-corrected chi connectivity index (χ3v) is 5.22. The van der Waals surface area contributed by atoms with Gasteiger partial charge >= 0.3 is 0 Å². The van der Waals surface area contributed by atoms with Crippen LogP contribution in [0.3, 0.4) is 0 Å². The van der Waals surface area contributed by atoms with Crippen LogP contribution in [0.1, 0.15) is 50.2 Å². The van der Waals surface area contributed by atoms with Crippen LogP contribution >= 0.6 is 12.4 Å². The van der Waals surface area contributed by atoms with Crippen LogP contribution in [0.25, 0.3) is 0 Å². The first-order valence-corrected chi connectivity index (χ1v) is 8.18. The van der Waals surface area contributed by atoms with E-state index in [0.29, 0.717) is 17.9 Å². The fourth-order valence-corrected chi connectivity index (χ4v) is 3.53. The molecule has 1 heterocycles. The quantitative estimate of drug-likeness (QED) is 0.893. The summed E-state index contributed by atoms with van der Waals surface area (Å²) in [7, 11) is 0. The van der Waals surface area contributed by atoms with Crippen LogP contribution in [-0.4, -0.2) is 19.0 Å². The number of hydrogen-bond donors (Lipinski definition) is 2. The van der Waals surface area contributed by atoms with Gasteiger partial charge < -0.3 is 10.6 Å². The predicted molar refractivity (Wildman–Crippen MR) is 92.3 cm³/mol. The molecule has 1 atom stereocenters. The molecular formula is C18H27ClN2O. The summed E-state index contributed by atoms with van der Waals surface area (Å²) in [6.07, 6.45) is 3.41. The summed E-state index contributed by atoms with van der Waals surface area (Å²) in [5, 5.41) is 6.50. The standard InChI is InChI=1S/C18H26N2O.ClH/c1-13(2)15-5-3-14(4-6-15)12-20-17(21)16-11-18(16)7-9-19-10-8-18;/h3-6,13,16,19H,7-12H2,1-2H3,(H,20,21);1H. The van der Waals surface area contributed by atoms with Crippen molar-refractivity contribution in [2.24, 2.45) is 11.3 Å². The normalized spacial score (nSPS) is 22.2. The van der Waals surface area contributed by atoms with Crippen molar-refractivity contribution in [3.05, 3.63) is 35.4 Å². The number of halogens is 1. The van der Waals surface area contributed by atoms with Crippen molar-refractivity contribution < 1.29 is 4.79 Å². The molecule has 3 rings (SSSR count). The molecule has 122 valence electrons. The second-order valence-electron chi connectivity index (χ2n) is 6.98. The molecule has 1 aliphatic heterocycles. The average Bonchev–Trinajstić information content (AvgIpc) is 3.19. The highest BCUT2D eigenvalue weighted by Crippen LogP contribution is 2.58. The van der Waals surface area contributed by atoms with Crippen LogP contribution in [0, 0.1) is 11.3 Å². The van der Waals surface area contributed by atoms with Crippen molar-refractivity contribution in [1.29, 1.82) is 0 Å². The SMILES string of the molecule is CC(C)c1ccc(CNC(=O)C2CC23CCNCC3)cc1.Cl. The van der Waals surface area contributed by atoms with E-state index >= 15 is 0 Å². The Balaban J connectivity index is 0.00000176. The van der Waals surface area contributed by atoms with Gasteiger partial charge in [-0.1, -0.05) is 38.1 Å². The maximum absolute atomic E-state index is 12.3. The highest BCUT2D eigenvalue weighted by atomic mass is 35.5. The molecule has 1 saturated carbocycles. The maximum Gasteiger partial charge on any atom is 0.223 e. The Morgan fingerprint density at radius 3 is 2.50 bits per heavy atom. The molecule has 2 fully saturated rings. The van der Waals surface area contributed by atoms with Gasteiger partial charge in [-0.2, -0.15) is 0 Å². The lowest BCUT2D eigenvalue weighted by atomic mass is 9.92. The second kappa shape index (κ2) is 7.01. The van der Waals surface area contributed by atoms with E-state index in [-0.39, 0.29) is 24.2 Å². The van der Waals surface area contributed by atoms with Gasteiger partial charge in [0.25, 0.3) is 0 Å². The Bertz CT molecular complexity index is 506. The first kappa shape index (κ1) is 17.3. The zero-order valence-corrected chi connectivity index (χ0v) is 14.3. The molecule has 1 aromatic rings. The average molecular weight is 323 g/mol. The van der Waals surface area contributed by atoms with Crippen molar-refractivity contribution >= 4 is 18.3 Å². The van der Waals surface area contributed by atoms with Gasteiger partial charge in [0.2, 0.25) is 5.91 Å². The molecule has 1 aromatic carbocycles. The smallest absolute Gasteiger partial charge is 0.223 e. The molecule has 1 amide bonds. The van der Waals surface area contributed by atoms with Gasteiger partial charge in [0.1, 0.15) is 0 Å². The van der Waals surface area contributed by atoms with Gasteiger partial charge in [0.05, 0.1) is 0 Å². The molecule has 1 unspecified atom stereocenters. The summed E-state index contributed by atoms with van der Waals surface area (Å²) in [5.41, 5.74) is 2.87. The van der Waals surface area contributed by atoms with Gasteiger partial charge in [-0.15, -0.1) is 12.4 Å². The second-order valence-corrected chi connectivity index (χ2v) is 6.98. The van der Waals surface area contributed by atoms with E-state index in [4.69, 9.17) is 0 Å². The minimum absolute atomic E-state index is 0. The lowest BCUT2D eigenvalue weighted by Crippen LogP contribution is -2.33. The van der Waals surface area contributed by atoms with Gasteiger partial charge in [-0.3, -0.25) is 4.79 Å². The van der Waals surface area contributed by atoms with Gasteiger partial charge in [0.15, 0.2) is 0 Å². The highest BCUT2D eigenvalue weighted by Gasteiger charge is 2.57. The lowest BCUT2D eigenvalue weighted by molar-refractivity contribution is -0.123. The summed E-state index contributed by atoms with van der Waals surface area (Å²) in [6.45, 7) is 7.19. The molecular weight excluding hydrogens is 296 g/mol. The van der Waals surface area contributed by atoms with Crippen LogP contribution in [0.15, 0.2) is 24.3 Å². The number of carbonyl (C=O) groups excluding carboxylic acids is 1. The molecule has 1 saturated heterocycles. The maximum atomic E-state index is 12.3. The zero-order chi connectivity index (χ0) is 14.9. The Kier molecular flexibility index (Phi) is 5.51. The number of rotatable bonds is 4. The Hall–Kier alpha value is -1.06. The van der Waals surface area contributed by atoms with Gasteiger partial charge in [-0.25, -0.2) is 0 Å². The molecule has 0 aromatic heterocycles. The first-order valence-electron chi connectivity index (χ1n) is 8.18. The fraction of sp³-hybridized carbons (Fsp3) is 0.611. The topological polar surface area (TPSA) is 41.1 Å². The van der Waals surface area contributed by atoms with Crippen LogP contribution in [-0.2, 0) is 11.3 Å². The zero-order valence-electron chi connectivity index (χ0n) is 13.5.